The summed E-state index contributed by atoms with van der Waals surface area (Å²) in [5.41, 5.74) is -0.601. The molecule has 58 heavy (non-hydrogen) atoms. The van der Waals surface area contributed by atoms with Gasteiger partial charge in [-0.05, 0) is 102 Å². The maximum absolute atomic E-state index is 13.4. The van der Waals surface area contributed by atoms with E-state index >= 15 is 0 Å². The number of carbonyl (C=O) groups excluding carboxylic acids is 8. The number of ketones is 2. The third-order valence-corrected chi connectivity index (χ3v) is 11.2. The number of benzene rings is 2. The summed E-state index contributed by atoms with van der Waals surface area (Å²) < 4.78 is 5.14. The second-order valence-electron chi connectivity index (χ2n) is 14.6. The van der Waals surface area contributed by atoms with Gasteiger partial charge < -0.3 is 4.74 Å². The molecule has 2 heterocycles. The Bertz CT molecular complexity index is 1990. The van der Waals surface area contributed by atoms with Crippen molar-refractivity contribution in [1.29, 1.82) is 0 Å². The highest BCUT2D eigenvalue weighted by Crippen LogP contribution is 2.42. The highest BCUT2D eigenvalue weighted by atomic mass is 16.5. The van der Waals surface area contributed by atoms with E-state index in [1.165, 1.54) is 7.11 Å². The number of ether oxygens (including phenoxy) is 1. The number of barbiturate groups is 2. The third-order valence-electron chi connectivity index (χ3n) is 11.2. The van der Waals surface area contributed by atoms with Gasteiger partial charge in [0.1, 0.15) is 16.6 Å². The molecule has 2 aromatic rings. The molecule has 2 aliphatic heterocycles. The van der Waals surface area contributed by atoms with Gasteiger partial charge in [-0.2, -0.15) is 0 Å². The number of carbonyl (C=O) groups is 8. The van der Waals surface area contributed by atoms with Crippen LogP contribution >= 0.6 is 0 Å². The van der Waals surface area contributed by atoms with Crippen LogP contribution in [0.5, 0.6) is 5.75 Å². The summed E-state index contributed by atoms with van der Waals surface area (Å²) in [6, 6.07) is 13.6. The molecule has 13 nitrogen and oxygen atoms in total. The van der Waals surface area contributed by atoms with Crippen molar-refractivity contribution in [3.63, 3.8) is 0 Å². The van der Waals surface area contributed by atoms with E-state index in [0.29, 0.717) is 29.7 Å². The van der Waals surface area contributed by atoms with E-state index in [2.05, 4.69) is 0 Å². The van der Waals surface area contributed by atoms with Gasteiger partial charge in [-0.1, -0.05) is 68.5 Å². The SMILES string of the molecule is CC.CCN1C(=O)N(CC(=O)c2cccc(OC)c2)C(=O)C(C)(C2=CCCCC2)C1=O.CCN1C(=O)N(CC(=O)c2ccccc2)C(=O)C(C)(C2=CCCCC2)C1=O. The predicted octanol–water partition coefficient (Wildman–Crippen LogP) is 7.41. The summed E-state index contributed by atoms with van der Waals surface area (Å²) in [5.74, 6) is -2.43. The predicted molar refractivity (Wildman–Crippen MR) is 218 cm³/mol. The number of imide groups is 4. The number of allylic oxidation sites excluding steroid dienone is 2. The highest BCUT2D eigenvalue weighted by molar-refractivity contribution is 6.23. The Morgan fingerprint density at radius 3 is 1.40 bits per heavy atom. The Labute approximate surface area is 341 Å². The zero-order chi connectivity index (χ0) is 42.8. The van der Waals surface area contributed by atoms with Crippen molar-refractivity contribution in [2.45, 2.75) is 92.9 Å². The molecule has 8 amide bonds. The molecule has 4 aliphatic rings. The molecule has 0 saturated carbocycles. The number of urea groups is 2. The minimum atomic E-state index is -1.45. The van der Waals surface area contributed by atoms with Crippen molar-refractivity contribution in [3.8, 4) is 5.75 Å². The molecule has 0 bridgehead atoms. The number of rotatable bonds is 11. The number of hydrogen-bond donors (Lipinski definition) is 0. The zero-order valence-corrected chi connectivity index (χ0v) is 34.8. The van der Waals surface area contributed by atoms with Gasteiger partial charge in [-0.25, -0.2) is 9.59 Å². The van der Waals surface area contributed by atoms with Crippen molar-refractivity contribution < 1.29 is 43.1 Å². The number of nitrogens with zero attached hydrogens (tertiary/aromatic N) is 4. The molecule has 0 aromatic heterocycles. The van der Waals surface area contributed by atoms with Crippen LogP contribution in [0.1, 0.15) is 114 Å². The summed E-state index contributed by atoms with van der Waals surface area (Å²) in [4.78, 5) is 108. The van der Waals surface area contributed by atoms with Crippen LogP contribution < -0.4 is 4.74 Å². The maximum atomic E-state index is 13.4. The van der Waals surface area contributed by atoms with Crippen molar-refractivity contribution in [3.05, 3.63) is 89.0 Å². The van der Waals surface area contributed by atoms with Crippen molar-refractivity contribution in [2.75, 3.05) is 33.3 Å². The fourth-order valence-corrected chi connectivity index (χ4v) is 7.76. The van der Waals surface area contributed by atoms with E-state index in [1.807, 2.05) is 26.0 Å². The molecule has 2 aliphatic carbocycles. The molecule has 2 saturated heterocycles. The largest absolute Gasteiger partial charge is 0.497 e. The molecule has 0 radical (unpaired) electrons. The van der Waals surface area contributed by atoms with Crippen molar-refractivity contribution in [1.82, 2.24) is 19.6 Å². The topological polar surface area (TPSA) is 159 Å². The molecule has 13 heteroatoms. The standard InChI is InChI=1S/C22H26N2O5.C21H24N2O4.C2H6/c1-4-23-19(26)22(2,16-10-6-5-7-11-16)20(27)24(21(23)28)14-18(25)15-9-8-12-17(13-15)29-3;1-3-22-18(25)21(2,16-12-8-5-9-13-16)19(26)23(20(22)27)14-17(24)15-10-6-4-7-11-15;1-2/h8-10,12-13H,4-7,11,14H2,1-3H3;4,6-7,10-12H,3,5,8-9,13-14H2,1-2H3;1-2H3. The lowest BCUT2D eigenvalue weighted by Gasteiger charge is -2.43. The molecule has 6 rings (SSSR count). The van der Waals surface area contributed by atoms with Crippen LogP contribution in [0, 0.1) is 10.8 Å². The summed E-state index contributed by atoms with van der Waals surface area (Å²) in [7, 11) is 1.50. The van der Waals surface area contributed by atoms with Crippen LogP contribution in [-0.4, -0.2) is 100 Å². The second-order valence-corrected chi connectivity index (χ2v) is 14.6. The molecular formula is C45H56N4O9. The number of hydrogen-bond acceptors (Lipinski definition) is 9. The summed E-state index contributed by atoms with van der Waals surface area (Å²) >= 11 is 0. The smallest absolute Gasteiger partial charge is 0.333 e. The maximum Gasteiger partial charge on any atom is 0.333 e. The first kappa shape index (κ1) is 45.0. The minimum Gasteiger partial charge on any atom is -0.497 e. The first-order valence-corrected chi connectivity index (χ1v) is 20.3. The van der Waals surface area contributed by atoms with Crippen molar-refractivity contribution in [2.24, 2.45) is 10.8 Å². The molecule has 2 aromatic carbocycles. The Kier molecular flexibility index (Phi) is 15.2. The van der Waals surface area contributed by atoms with Crippen LogP contribution in [0.15, 0.2) is 77.9 Å². The number of methoxy groups -OCH3 is 1. The molecular weight excluding hydrogens is 741 g/mol. The second kappa shape index (κ2) is 19.6. The molecule has 0 N–H and O–H groups in total. The van der Waals surface area contributed by atoms with Crippen LogP contribution in [0.2, 0.25) is 0 Å². The first-order valence-electron chi connectivity index (χ1n) is 20.3. The Morgan fingerprint density at radius 2 is 1.00 bits per heavy atom. The van der Waals surface area contributed by atoms with E-state index in [1.54, 1.807) is 82.3 Å². The average Bonchev–Trinajstić information content (AvgIpc) is 3.27. The lowest BCUT2D eigenvalue weighted by Crippen LogP contribution is -2.65. The fourth-order valence-electron chi connectivity index (χ4n) is 7.76. The summed E-state index contributed by atoms with van der Waals surface area (Å²) in [6.45, 7) is 10.0. The fraction of sp³-hybridized carbons (Fsp3) is 0.467. The summed E-state index contributed by atoms with van der Waals surface area (Å²) in [5, 5.41) is 0. The molecule has 0 spiro atoms. The van der Waals surface area contributed by atoms with Gasteiger partial charge in [0.2, 0.25) is 11.8 Å². The third kappa shape index (κ3) is 8.73. The van der Waals surface area contributed by atoms with E-state index in [-0.39, 0.29) is 25.4 Å². The Morgan fingerprint density at radius 1 is 0.586 bits per heavy atom. The monoisotopic (exact) mass is 796 g/mol. The molecule has 2 unspecified atom stereocenters. The van der Waals surface area contributed by atoms with Crippen molar-refractivity contribution >= 4 is 47.3 Å². The quantitative estimate of drug-likeness (QED) is 0.128. The average molecular weight is 797 g/mol. The first-order chi connectivity index (χ1) is 27.7. The van der Waals surface area contributed by atoms with Gasteiger partial charge in [-0.3, -0.25) is 48.4 Å². The van der Waals surface area contributed by atoms with Gasteiger partial charge in [0.15, 0.2) is 11.6 Å². The van der Waals surface area contributed by atoms with E-state index in [4.69, 9.17) is 4.74 Å². The number of amides is 8. The van der Waals surface area contributed by atoms with Crippen LogP contribution in [-0.2, 0) is 19.2 Å². The normalized spacial score (nSPS) is 22.3. The Hall–Kier alpha value is -5.72. The van der Waals surface area contributed by atoms with E-state index < -0.39 is 58.8 Å². The van der Waals surface area contributed by atoms with Crippen LogP contribution in [0.4, 0.5) is 9.59 Å². The lowest BCUT2D eigenvalue weighted by molar-refractivity contribution is -0.156. The van der Waals surface area contributed by atoms with Crippen LogP contribution in [0.25, 0.3) is 0 Å². The van der Waals surface area contributed by atoms with Gasteiger partial charge in [0.05, 0.1) is 20.2 Å². The minimum absolute atomic E-state index is 0.137. The molecule has 310 valence electrons. The number of Topliss-reactive ketones (excluding diaryl/α,β-unsaturated/α-hetero) is 2. The van der Waals surface area contributed by atoms with E-state index in [9.17, 15) is 38.4 Å². The molecule has 2 fully saturated rings. The van der Waals surface area contributed by atoms with Gasteiger partial charge in [-0.15, -0.1) is 0 Å². The van der Waals surface area contributed by atoms with Gasteiger partial charge in [0, 0.05) is 24.2 Å². The van der Waals surface area contributed by atoms with Crippen LogP contribution in [0.3, 0.4) is 0 Å². The highest BCUT2D eigenvalue weighted by Gasteiger charge is 2.57. The summed E-state index contributed by atoms with van der Waals surface area (Å²) in [6.07, 6.45) is 10.6. The van der Waals surface area contributed by atoms with Gasteiger partial charge >= 0.3 is 12.1 Å². The lowest BCUT2D eigenvalue weighted by atomic mass is 9.73. The van der Waals surface area contributed by atoms with Gasteiger partial charge in [0.25, 0.3) is 11.8 Å². The molecule has 2 atom stereocenters. The zero-order valence-electron chi connectivity index (χ0n) is 34.8. The Balaban J connectivity index is 0.000000247. The van der Waals surface area contributed by atoms with E-state index in [0.717, 1.165) is 69.3 Å².